The van der Waals surface area contributed by atoms with E-state index in [1.54, 1.807) is 32.2 Å². The average molecular weight is 639 g/mol. The van der Waals surface area contributed by atoms with Gasteiger partial charge in [0, 0.05) is 43.4 Å². The maximum absolute atomic E-state index is 16.1. The van der Waals surface area contributed by atoms with Gasteiger partial charge in [0.1, 0.15) is 22.7 Å². The normalized spacial score (nSPS) is 19.3. The molecule has 0 bridgehead atoms. The predicted molar refractivity (Wildman–Crippen MR) is 162 cm³/mol. The largest absolute Gasteiger partial charge is 0.456 e. The third-order valence-electron chi connectivity index (χ3n) is 7.96. The summed E-state index contributed by atoms with van der Waals surface area (Å²) in [6.07, 6.45) is 6.41. The number of alkyl halides is 3. The molecule has 1 N–H and O–H groups in total. The second kappa shape index (κ2) is 11.3. The van der Waals surface area contributed by atoms with Crippen molar-refractivity contribution in [2.45, 2.75) is 51.2 Å². The SMILES string of the molecule is CC(C)n1cc(C(=O)NC2=CC=C(Oc3cc(N4CCC(F)(F)C4)cn4nccc34)C(C)(F)C2)c(=O)n(-c2ccc(F)cc2)c1=O. The van der Waals surface area contributed by atoms with Crippen molar-refractivity contribution in [3.8, 4) is 11.4 Å². The minimum absolute atomic E-state index is 0.0770. The quantitative estimate of drug-likeness (QED) is 0.289. The van der Waals surface area contributed by atoms with Crippen molar-refractivity contribution < 1.29 is 27.1 Å². The lowest BCUT2D eigenvalue weighted by molar-refractivity contribution is 0.0257. The van der Waals surface area contributed by atoms with E-state index in [4.69, 9.17) is 4.74 Å². The molecule has 1 unspecified atom stereocenters. The van der Waals surface area contributed by atoms with E-state index < -0.39 is 47.2 Å². The molecule has 0 spiro atoms. The summed E-state index contributed by atoms with van der Waals surface area (Å²) in [6.45, 7) is 4.33. The summed E-state index contributed by atoms with van der Waals surface area (Å²) in [5.74, 6) is -4.15. The van der Waals surface area contributed by atoms with Crippen LogP contribution in [-0.4, -0.2) is 49.3 Å². The molecule has 1 aromatic carbocycles. The van der Waals surface area contributed by atoms with Crippen molar-refractivity contribution in [2.75, 3.05) is 18.0 Å². The number of anilines is 1. The number of nitrogens with one attached hydrogen (secondary N) is 1. The highest BCUT2D eigenvalue weighted by atomic mass is 19.3. The van der Waals surface area contributed by atoms with E-state index in [1.807, 2.05) is 0 Å². The monoisotopic (exact) mass is 638 g/mol. The lowest BCUT2D eigenvalue weighted by Crippen LogP contribution is -2.44. The number of hydrogen-bond acceptors (Lipinski definition) is 6. The fourth-order valence-electron chi connectivity index (χ4n) is 5.52. The van der Waals surface area contributed by atoms with Crippen molar-refractivity contribution >= 4 is 17.1 Å². The van der Waals surface area contributed by atoms with E-state index in [-0.39, 0.29) is 47.8 Å². The van der Waals surface area contributed by atoms with Gasteiger partial charge >= 0.3 is 5.69 Å². The molecule has 1 aliphatic heterocycles. The van der Waals surface area contributed by atoms with E-state index >= 15 is 4.39 Å². The molecule has 1 saturated heterocycles. The van der Waals surface area contributed by atoms with Crippen LogP contribution >= 0.6 is 0 Å². The Hall–Kier alpha value is -5.14. The zero-order valence-electron chi connectivity index (χ0n) is 25.1. The molecule has 6 rings (SSSR count). The van der Waals surface area contributed by atoms with E-state index in [9.17, 15) is 27.6 Å². The number of benzene rings is 1. The van der Waals surface area contributed by atoms with Gasteiger partial charge in [0.2, 0.25) is 0 Å². The minimum Gasteiger partial charge on any atom is -0.456 e. The molecule has 46 heavy (non-hydrogen) atoms. The number of carbonyl (C=O) groups is 1. The lowest BCUT2D eigenvalue weighted by atomic mass is 9.94. The highest BCUT2D eigenvalue weighted by molar-refractivity contribution is 5.94. The van der Waals surface area contributed by atoms with Crippen molar-refractivity contribution in [3.63, 3.8) is 0 Å². The highest BCUT2D eigenvalue weighted by Crippen LogP contribution is 2.38. The molecule has 0 radical (unpaired) electrons. The molecule has 240 valence electrons. The summed E-state index contributed by atoms with van der Waals surface area (Å²) in [7, 11) is 0. The van der Waals surface area contributed by atoms with Crippen LogP contribution in [0.25, 0.3) is 11.2 Å². The maximum atomic E-state index is 16.1. The summed E-state index contributed by atoms with van der Waals surface area (Å²) in [4.78, 5) is 41.4. The average Bonchev–Trinajstić information content (AvgIpc) is 3.61. The van der Waals surface area contributed by atoms with Gasteiger partial charge in [-0.1, -0.05) is 0 Å². The molecule has 4 heterocycles. The number of ether oxygens (including phenoxy) is 1. The second-order valence-electron chi connectivity index (χ2n) is 11.8. The Bertz CT molecular complexity index is 2020. The Morgan fingerprint density at radius 3 is 2.43 bits per heavy atom. The summed E-state index contributed by atoms with van der Waals surface area (Å²) in [5, 5.41) is 6.76. The van der Waals surface area contributed by atoms with Crippen LogP contribution in [0.3, 0.4) is 0 Å². The predicted octanol–water partition coefficient (Wildman–Crippen LogP) is 4.92. The van der Waals surface area contributed by atoms with Crippen molar-refractivity contribution in [3.05, 3.63) is 111 Å². The van der Waals surface area contributed by atoms with Crippen molar-refractivity contribution in [1.29, 1.82) is 0 Å². The molecule has 2 aliphatic rings. The number of carbonyl (C=O) groups excluding carboxylic acids is 1. The number of hydrogen-bond donors (Lipinski definition) is 1. The van der Waals surface area contributed by atoms with Crippen molar-refractivity contribution in [1.82, 2.24) is 24.1 Å². The Morgan fingerprint density at radius 2 is 1.78 bits per heavy atom. The van der Waals surface area contributed by atoms with Crippen LogP contribution in [0, 0.1) is 5.82 Å². The van der Waals surface area contributed by atoms with Crippen molar-refractivity contribution in [2.24, 2.45) is 0 Å². The number of rotatable bonds is 7. The maximum Gasteiger partial charge on any atom is 0.335 e. The van der Waals surface area contributed by atoms with Crippen LogP contribution in [0.1, 0.15) is 50.0 Å². The van der Waals surface area contributed by atoms with E-state index in [0.29, 0.717) is 11.2 Å². The van der Waals surface area contributed by atoms with Gasteiger partial charge in [-0.3, -0.25) is 14.2 Å². The Labute approximate surface area is 259 Å². The molecule has 0 saturated carbocycles. The Balaban J connectivity index is 1.29. The number of allylic oxidation sites excluding steroid dienone is 4. The first-order valence-electron chi connectivity index (χ1n) is 14.6. The lowest BCUT2D eigenvalue weighted by Gasteiger charge is -2.28. The number of halogens is 4. The molecule has 10 nitrogen and oxygen atoms in total. The van der Waals surface area contributed by atoms with Crippen LogP contribution in [0.4, 0.5) is 23.2 Å². The van der Waals surface area contributed by atoms with Crippen LogP contribution in [0.15, 0.2) is 88.2 Å². The van der Waals surface area contributed by atoms with E-state index in [0.717, 1.165) is 22.9 Å². The second-order valence-corrected chi connectivity index (χ2v) is 11.8. The third kappa shape index (κ3) is 5.82. The number of pyridine rings is 1. The van der Waals surface area contributed by atoms with Gasteiger partial charge in [-0.25, -0.2) is 31.4 Å². The molecule has 14 heteroatoms. The summed E-state index contributed by atoms with van der Waals surface area (Å²) in [6, 6.07) is 7.46. The number of amides is 1. The molecule has 1 atom stereocenters. The van der Waals surface area contributed by atoms with Gasteiger partial charge < -0.3 is 15.0 Å². The molecule has 1 amide bonds. The van der Waals surface area contributed by atoms with E-state index in [1.165, 1.54) is 51.4 Å². The van der Waals surface area contributed by atoms with Gasteiger partial charge in [0.15, 0.2) is 11.4 Å². The molecule has 4 aromatic rings. The molecule has 1 fully saturated rings. The summed E-state index contributed by atoms with van der Waals surface area (Å²) >= 11 is 0. The van der Waals surface area contributed by atoms with Gasteiger partial charge in [0.05, 0.1) is 30.3 Å². The number of nitrogens with zero attached hydrogens (tertiary/aromatic N) is 5. The highest BCUT2D eigenvalue weighted by Gasteiger charge is 2.39. The molecule has 3 aromatic heterocycles. The van der Waals surface area contributed by atoms with Crippen LogP contribution < -0.4 is 26.2 Å². The summed E-state index contributed by atoms with van der Waals surface area (Å²) in [5.41, 5.74) is -2.99. The first-order valence-corrected chi connectivity index (χ1v) is 14.6. The minimum atomic E-state index is -2.82. The molecule has 1 aliphatic carbocycles. The molecular weight excluding hydrogens is 608 g/mol. The Kier molecular flexibility index (Phi) is 7.61. The van der Waals surface area contributed by atoms with Crippen LogP contribution in [0.5, 0.6) is 5.75 Å². The van der Waals surface area contributed by atoms with Gasteiger partial charge in [-0.2, -0.15) is 5.10 Å². The number of fused-ring (bicyclic) bond motifs is 1. The first-order chi connectivity index (χ1) is 21.7. The zero-order chi connectivity index (χ0) is 33.0. The fraction of sp³-hybridized carbons (Fsp3) is 0.312. The van der Waals surface area contributed by atoms with Crippen LogP contribution in [0.2, 0.25) is 0 Å². The Morgan fingerprint density at radius 1 is 1.04 bits per heavy atom. The first kappa shape index (κ1) is 30.9. The third-order valence-corrected chi connectivity index (χ3v) is 7.96. The smallest absolute Gasteiger partial charge is 0.335 e. The van der Waals surface area contributed by atoms with Gasteiger partial charge in [-0.15, -0.1) is 0 Å². The summed E-state index contributed by atoms with van der Waals surface area (Å²) < 4.78 is 66.9. The standard InChI is InChI=1S/C32H30F4N6O4/c1-19(2)40-17-24(29(44)42(30(40)45)22-7-4-20(33)5-8-22)28(43)38-21-6-9-27(31(3,34)15-21)46-26-14-23(16-41-25(26)10-12-37-41)39-13-11-32(35,36)18-39/h4-10,12,14,16-17,19H,11,13,15,18H2,1-3H3,(H,38,43). The topological polar surface area (TPSA) is 103 Å². The fourth-order valence-corrected chi connectivity index (χ4v) is 5.52. The van der Waals surface area contributed by atoms with Gasteiger partial charge in [0.25, 0.3) is 17.4 Å². The molecular formula is C32H30F4N6O4. The van der Waals surface area contributed by atoms with Crippen LogP contribution in [-0.2, 0) is 0 Å². The number of aromatic nitrogens is 4. The zero-order valence-corrected chi connectivity index (χ0v) is 25.1. The van der Waals surface area contributed by atoms with Gasteiger partial charge in [-0.05, 0) is 63.3 Å². The van der Waals surface area contributed by atoms with E-state index in [2.05, 4.69) is 10.4 Å².